The molecule has 1 unspecified atom stereocenters. The number of aromatic amines is 1. The van der Waals surface area contributed by atoms with Gasteiger partial charge in [-0.25, -0.2) is 4.79 Å². The van der Waals surface area contributed by atoms with Crippen molar-refractivity contribution in [1.29, 1.82) is 0 Å². The Labute approximate surface area is 136 Å². The molecule has 128 valence electrons. The summed E-state index contributed by atoms with van der Waals surface area (Å²) in [6.07, 6.45) is 1.02. The summed E-state index contributed by atoms with van der Waals surface area (Å²) >= 11 is 0. The molecule has 0 bridgehead atoms. The summed E-state index contributed by atoms with van der Waals surface area (Å²) in [4.78, 5) is 38.3. The first-order valence-electron chi connectivity index (χ1n) is 7.68. The standard InChI is InChI=1S/C17H26N2O4/c1-9-13(11(3)20)10(2)18-14(9)15(21)19-12(16(22)23)7-8-17(4,5)6/h12,18H,7-8H2,1-6H3,(H,19,21)(H,22,23). The lowest BCUT2D eigenvalue weighted by molar-refractivity contribution is -0.139. The number of Topliss-reactive ketones (excluding diaryl/α,β-unsaturated/α-hetero) is 1. The predicted molar refractivity (Wildman–Crippen MR) is 87.9 cm³/mol. The third-order valence-electron chi connectivity index (χ3n) is 3.80. The van der Waals surface area contributed by atoms with Crippen LogP contribution in [0.2, 0.25) is 0 Å². The monoisotopic (exact) mass is 322 g/mol. The van der Waals surface area contributed by atoms with Crippen LogP contribution in [0.3, 0.4) is 0 Å². The van der Waals surface area contributed by atoms with Crippen molar-refractivity contribution in [3.8, 4) is 0 Å². The van der Waals surface area contributed by atoms with Crippen molar-refractivity contribution in [3.63, 3.8) is 0 Å². The summed E-state index contributed by atoms with van der Waals surface area (Å²) < 4.78 is 0. The number of hydrogen-bond donors (Lipinski definition) is 3. The lowest BCUT2D eigenvalue weighted by Crippen LogP contribution is -2.41. The maximum absolute atomic E-state index is 12.4. The van der Waals surface area contributed by atoms with Gasteiger partial charge in [-0.1, -0.05) is 20.8 Å². The Bertz CT molecular complexity index is 623. The van der Waals surface area contributed by atoms with Crippen molar-refractivity contribution in [1.82, 2.24) is 10.3 Å². The number of amides is 1. The fourth-order valence-electron chi connectivity index (χ4n) is 2.57. The van der Waals surface area contributed by atoms with Crippen molar-refractivity contribution in [2.24, 2.45) is 5.41 Å². The molecule has 0 fully saturated rings. The molecule has 23 heavy (non-hydrogen) atoms. The van der Waals surface area contributed by atoms with Crippen LogP contribution in [0.15, 0.2) is 0 Å². The van der Waals surface area contributed by atoms with Crippen molar-refractivity contribution >= 4 is 17.7 Å². The van der Waals surface area contributed by atoms with Crippen LogP contribution in [-0.4, -0.2) is 33.8 Å². The molecule has 1 atom stereocenters. The predicted octanol–water partition coefficient (Wildman–Crippen LogP) is 2.84. The highest BCUT2D eigenvalue weighted by Crippen LogP contribution is 2.22. The van der Waals surface area contributed by atoms with Crippen LogP contribution in [0.25, 0.3) is 0 Å². The number of carboxylic acids is 1. The first-order valence-corrected chi connectivity index (χ1v) is 7.68. The summed E-state index contributed by atoms with van der Waals surface area (Å²) in [5.41, 5.74) is 1.87. The van der Waals surface area contributed by atoms with E-state index in [1.54, 1.807) is 13.8 Å². The van der Waals surface area contributed by atoms with E-state index in [2.05, 4.69) is 10.3 Å². The second-order valence-corrected chi connectivity index (χ2v) is 7.14. The third-order valence-corrected chi connectivity index (χ3v) is 3.80. The van der Waals surface area contributed by atoms with Crippen LogP contribution in [-0.2, 0) is 4.79 Å². The van der Waals surface area contributed by atoms with Crippen molar-refractivity contribution in [3.05, 3.63) is 22.5 Å². The van der Waals surface area contributed by atoms with Crippen LogP contribution < -0.4 is 5.32 Å². The van der Waals surface area contributed by atoms with E-state index >= 15 is 0 Å². The Morgan fingerprint density at radius 2 is 1.78 bits per heavy atom. The highest BCUT2D eigenvalue weighted by Gasteiger charge is 2.26. The fourth-order valence-corrected chi connectivity index (χ4v) is 2.57. The Hall–Kier alpha value is -2.11. The summed E-state index contributed by atoms with van der Waals surface area (Å²) in [6, 6.07) is -0.953. The molecular formula is C17H26N2O4. The Morgan fingerprint density at radius 3 is 2.17 bits per heavy atom. The van der Waals surface area contributed by atoms with E-state index in [9.17, 15) is 19.5 Å². The molecule has 1 heterocycles. The summed E-state index contributed by atoms with van der Waals surface area (Å²) in [5.74, 6) is -1.69. The number of rotatable bonds is 6. The van der Waals surface area contributed by atoms with Gasteiger partial charge in [0, 0.05) is 11.3 Å². The van der Waals surface area contributed by atoms with E-state index in [-0.39, 0.29) is 16.9 Å². The summed E-state index contributed by atoms with van der Waals surface area (Å²) in [6.45, 7) is 10.9. The largest absolute Gasteiger partial charge is 0.480 e. The van der Waals surface area contributed by atoms with Gasteiger partial charge in [-0.15, -0.1) is 0 Å². The van der Waals surface area contributed by atoms with E-state index in [0.29, 0.717) is 29.7 Å². The maximum Gasteiger partial charge on any atom is 0.326 e. The number of H-pyrrole nitrogens is 1. The quantitative estimate of drug-likeness (QED) is 0.701. The van der Waals surface area contributed by atoms with Gasteiger partial charge in [0.15, 0.2) is 5.78 Å². The molecule has 0 saturated heterocycles. The molecule has 1 aromatic rings. The minimum absolute atomic E-state index is 0.0147. The van der Waals surface area contributed by atoms with Crippen LogP contribution in [0.1, 0.15) is 72.6 Å². The minimum atomic E-state index is -1.06. The molecule has 0 aliphatic carbocycles. The SMILES string of the molecule is CC(=O)c1c(C)[nH]c(C(=O)NC(CCC(C)(C)C)C(=O)O)c1C. The van der Waals surface area contributed by atoms with Gasteiger partial charge in [0.05, 0.1) is 0 Å². The smallest absolute Gasteiger partial charge is 0.326 e. The van der Waals surface area contributed by atoms with E-state index < -0.39 is 17.9 Å². The molecule has 6 heteroatoms. The van der Waals surface area contributed by atoms with Crippen LogP contribution in [0.4, 0.5) is 0 Å². The van der Waals surface area contributed by atoms with Crippen LogP contribution in [0, 0.1) is 19.3 Å². The maximum atomic E-state index is 12.4. The Morgan fingerprint density at radius 1 is 1.22 bits per heavy atom. The number of hydrogen-bond acceptors (Lipinski definition) is 3. The lowest BCUT2D eigenvalue weighted by atomic mass is 9.88. The zero-order valence-corrected chi connectivity index (χ0v) is 14.7. The number of nitrogens with one attached hydrogen (secondary N) is 2. The fraction of sp³-hybridized carbons (Fsp3) is 0.588. The van der Waals surface area contributed by atoms with Gasteiger partial charge in [0.2, 0.25) is 0 Å². The van der Waals surface area contributed by atoms with E-state index in [0.717, 1.165) is 0 Å². The molecule has 0 aliphatic heterocycles. The molecule has 0 saturated carbocycles. The zero-order valence-electron chi connectivity index (χ0n) is 14.7. The van der Waals surface area contributed by atoms with Gasteiger partial charge in [-0.05, 0) is 44.6 Å². The lowest BCUT2D eigenvalue weighted by Gasteiger charge is -2.21. The average molecular weight is 322 g/mol. The Kier molecular flexibility index (Phi) is 5.75. The van der Waals surface area contributed by atoms with Gasteiger partial charge in [0.25, 0.3) is 5.91 Å². The zero-order chi connectivity index (χ0) is 17.9. The van der Waals surface area contributed by atoms with E-state index in [1.165, 1.54) is 6.92 Å². The van der Waals surface area contributed by atoms with Gasteiger partial charge in [-0.3, -0.25) is 9.59 Å². The molecular weight excluding hydrogens is 296 g/mol. The highest BCUT2D eigenvalue weighted by molar-refractivity contribution is 6.03. The number of aromatic nitrogens is 1. The second kappa shape index (κ2) is 6.98. The first kappa shape index (κ1) is 18.9. The molecule has 0 spiro atoms. The number of aliphatic carboxylic acids is 1. The second-order valence-electron chi connectivity index (χ2n) is 7.14. The summed E-state index contributed by atoms with van der Waals surface area (Å²) in [5, 5.41) is 11.8. The molecule has 1 rings (SSSR count). The third kappa shape index (κ3) is 4.94. The average Bonchev–Trinajstić information content (AvgIpc) is 2.68. The van der Waals surface area contributed by atoms with Gasteiger partial charge in [-0.2, -0.15) is 0 Å². The summed E-state index contributed by atoms with van der Waals surface area (Å²) in [7, 11) is 0. The van der Waals surface area contributed by atoms with E-state index in [4.69, 9.17) is 0 Å². The number of carbonyl (C=O) groups is 3. The number of aryl methyl sites for hydroxylation is 1. The van der Waals surface area contributed by atoms with Gasteiger partial charge in [0.1, 0.15) is 11.7 Å². The molecule has 0 aromatic carbocycles. The number of ketones is 1. The topological polar surface area (TPSA) is 99.3 Å². The van der Waals surface area contributed by atoms with Crippen LogP contribution in [0.5, 0.6) is 0 Å². The molecule has 0 radical (unpaired) electrons. The van der Waals surface area contributed by atoms with Crippen LogP contribution >= 0.6 is 0 Å². The molecule has 6 nitrogen and oxygen atoms in total. The molecule has 0 aliphatic rings. The van der Waals surface area contributed by atoms with Crippen molar-refractivity contribution < 1.29 is 19.5 Å². The number of carbonyl (C=O) groups excluding carboxylic acids is 2. The first-order chi connectivity index (χ1) is 10.4. The number of carboxylic acid groups (broad SMARTS) is 1. The normalized spacial score (nSPS) is 12.8. The highest BCUT2D eigenvalue weighted by atomic mass is 16.4. The van der Waals surface area contributed by atoms with Gasteiger partial charge < -0.3 is 15.4 Å². The Balaban J connectivity index is 2.94. The minimum Gasteiger partial charge on any atom is -0.480 e. The van der Waals surface area contributed by atoms with Crippen molar-refractivity contribution in [2.45, 2.75) is 60.4 Å². The molecule has 1 aromatic heterocycles. The molecule has 3 N–H and O–H groups in total. The van der Waals surface area contributed by atoms with E-state index in [1.807, 2.05) is 20.8 Å². The van der Waals surface area contributed by atoms with Gasteiger partial charge >= 0.3 is 5.97 Å². The van der Waals surface area contributed by atoms with Crippen molar-refractivity contribution in [2.75, 3.05) is 0 Å². The molecule has 1 amide bonds.